The Labute approximate surface area is 193 Å². The molecular weight excluding hydrogens is 426 g/mol. The van der Waals surface area contributed by atoms with E-state index in [0.717, 1.165) is 36.1 Å². The van der Waals surface area contributed by atoms with Gasteiger partial charge in [-0.1, -0.05) is 19.1 Å². The molecule has 1 aromatic rings. The van der Waals surface area contributed by atoms with Gasteiger partial charge in [-0.15, -0.1) is 11.8 Å². The third-order valence-electron chi connectivity index (χ3n) is 7.23. The predicted molar refractivity (Wildman–Crippen MR) is 125 cm³/mol. The van der Waals surface area contributed by atoms with Gasteiger partial charge >= 0.3 is 0 Å². The Bertz CT molecular complexity index is 938. The molecule has 4 rings (SSSR count). The number of amides is 3. The molecule has 3 amide bonds. The van der Waals surface area contributed by atoms with E-state index in [-0.39, 0.29) is 29.6 Å². The summed E-state index contributed by atoms with van der Waals surface area (Å²) in [6.45, 7) is 8.01. The summed E-state index contributed by atoms with van der Waals surface area (Å²) in [7, 11) is 0. The van der Waals surface area contributed by atoms with Gasteiger partial charge in [-0.3, -0.25) is 14.4 Å². The highest BCUT2D eigenvalue weighted by Gasteiger charge is 2.74. The molecule has 0 saturated carbocycles. The highest BCUT2D eigenvalue weighted by Crippen LogP contribution is 2.66. The molecule has 2 unspecified atom stereocenters. The number of hydrogen-bond donors (Lipinski definition) is 3. The zero-order chi connectivity index (χ0) is 23.2. The van der Waals surface area contributed by atoms with E-state index in [4.69, 9.17) is 0 Å². The van der Waals surface area contributed by atoms with Gasteiger partial charge in [0.15, 0.2) is 0 Å². The largest absolute Gasteiger partial charge is 0.394 e. The van der Waals surface area contributed by atoms with Crippen LogP contribution in [0.25, 0.3) is 0 Å². The summed E-state index contributed by atoms with van der Waals surface area (Å²) in [6.07, 6.45) is 2.36. The number of likely N-dealkylation sites (tertiary alicyclic amines) is 1. The first-order valence-corrected chi connectivity index (χ1v) is 12.4. The molecule has 6 atom stereocenters. The maximum atomic E-state index is 13.7. The number of fused-ring (bicyclic) bond motifs is 1. The van der Waals surface area contributed by atoms with Gasteiger partial charge in [0.2, 0.25) is 17.7 Å². The monoisotopic (exact) mass is 459 g/mol. The highest BCUT2D eigenvalue weighted by atomic mass is 32.2. The first kappa shape index (κ1) is 23.1. The van der Waals surface area contributed by atoms with Gasteiger partial charge in [0.25, 0.3) is 0 Å². The summed E-state index contributed by atoms with van der Waals surface area (Å²) in [6, 6.07) is 4.66. The fraction of sp³-hybridized carbons (Fsp3) is 0.625. The fourth-order valence-corrected chi connectivity index (χ4v) is 7.90. The lowest BCUT2D eigenvalue weighted by Gasteiger charge is -2.36. The van der Waals surface area contributed by atoms with E-state index in [9.17, 15) is 19.5 Å². The molecule has 1 aromatic carbocycles. The van der Waals surface area contributed by atoms with Crippen molar-refractivity contribution in [1.29, 1.82) is 0 Å². The zero-order valence-electron chi connectivity index (χ0n) is 19.2. The van der Waals surface area contributed by atoms with Crippen molar-refractivity contribution in [3.8, 4) is 0 Å². The van der Waals surface area contributed by atoms with Gasteiger partial charge in [-0.2, -0.15) is 0 Å². The van der Waals surface area contributed by atoms with Crippen molar-refractivity contribution < 1.29 is 19.5 Å². The summed E-state index contributed by atoms with van der Waals surface area (Å²) in [5.41, 5.74) is 2.71. The van der Waals surface area contributed by atoms with Gasteiger partial charge < -0.3 is 20.6 Å². The van der Waals surface area contributed by atoms with Crippen LogP contribution in [-0.2, 0) is 14.4 Å². The fourth-order valence-electron chi connectivity index (χ4n) is 5.69. The molecule has 0 radical (unpaired) electrons. The Morgan fingerprint density at radius 3 is 2.75 bits per heavy atom. The topological polar surface area (TPSA) is 98.7 Å². The molecule has 3 aliphatic heterocycles. The Morgan fingerprint density at radius 1 is 1.31 bits per heavy atom. The number of rotatable bonds is 7. The molecule has 3 saturated heterocycles. The molecule has 174 valence electrons. The molecule has 0 aromatic heterocycles. The molecule has 3 heterocycles. The van der Waals surface area contributed by atoms with E-state index in [2.05, 4.69) is 10.6 Å². The number of nitrogens with zero attached hydrogens (tertiary/aromatic N) is 1. The minimum atomic E-state index is -0.721. The molecule has 8 heteroatoms. The van der Waals surface area contributed by atoms with Crippen LogP contribution in [-0.4, -0.2) is 63.0 Å². The zero-order valence-corrected chi connectivity index (χ0v) is 20.0. The standard InChI is InChI=1S/C24H33N3O4S/c1-5-10-25-21(29)18-17-8-9-24(32-17)19(18)23(31)27(15(4)12-28)20(24)22(30)26-16-11-13(2)6-7-14(16)3/h6-7,11,15,17-20,28H,5,8-10,12H2,1-4H3,(H,25,29)(H,26,30)/t15-,17+,18-,19+,20?,24?/m1/s1. The van der Waals surface area contributed by atoms with E-state index in [0.29, 0.717) is 6.54 Å². The lowest BCUT2D eigenvalue weighted by molar-refractivity contribution is -0.141. The highest BCUT2D eigenvalue weighted by molar-refractivity contribution is 8.02. The van der Waals surface area contributed by atoms with Crippen LogP contribution in [0.5, 0.6) is 0 Å². The Balaban J connectivity index is 1.70. The van der Waals surface area contributed by atoms with E-state index >= 15 is 0 Å². The summed E-state index contributed by atoms with van der Waals surface area (Å²) < 4.78 is -0.638. The summed E-state index contributed by atoms with van der Waals surface area (Å²) in [5.74, 6) is -1.47. The Kier molecular flexibility index (Phi) is 6.29. The predicted octanol–water partition coefficient (Wildman–Crippen LogP) is 2.24. The lowest BCUT2D eigenvalue weighted by atomic mass is 9.70. The number of aryl methyl sites for hydroxylation is 2. The van der Waals surface area contributed by atoms with Crippen LogP contribution in [0.15, 0.2) is 18.2 Å². The average Bonchev–Trinajstić information content (AvgIpc) is 3.41. The van der Waals surface area contributed by atoms with Crippen LogP contribution in [0.4, 0.5) is 5.69 Å². The molecule has 3 N–H and O–H groups in total. The molecule has 7 nitrogen and oxygen atoms in total. The second kappa shape index (κ2) is 8.71. The number of aliphatic hydroxyl groups excluding tert-OH is 1. The van der Waals surface area contributed by atoms with Crippen molar-refractivity contribution in [3.63, 3.8) is 0 Å². The van der Waals surface area contributed by atoms with Crippen LogP contribution in [0.2, 0.25) is 0 Å². The van der Waals surface area contributed by atoms with E-state index in [1.807, 2.05) is 39.0 Å². The average molecular weight is 460 g/mol. The van der Waals surface area contributed by atoms with Crippen molar-refractivity contribution >= 4 is 35.2 Å². The minimum Gasteiger partial charge on any atom is -0.394 e. The maximum Gasteiger partial charge on any atom is 0.248 e. The van der Waals surface area contributed by atoms with Gasteiger partial charge in [0, 0.05) is 17.5 Å². The van der Waals surface area contributed by atoms with Crippen molar-refractivity contribution in [2.24, 2.45) is 11.8 Å². The molecule has 1 spiro atoms. The molecule has 32 heavy (non-hydrogen) atoms. The maximum absolute atomic E-state index is 13.7. The number of thioether (sulfide) groups is 1. The Morgan fingerprint density at radius 2 is 2.06 bits per heavy atom. The van der Waals surface area contributed by atoms with Gasteiger partial charge in [-0.05, 0) is 57.2 Å². The number of carbonyl (C=O) groups excluding carboxylic acids is 3. The SMILES string of the molecule is CCCNC(=O)[C@@H]1[C@@H]2CCC3(S2)C(C(=O)Nc2cc(C)ccc2C)N([C@H](C)CO)C(=O)[C@H]13. The molecule has 2 bridgehead atoms. The van der Waals surface area contributed by atoms with Gasteiger partial charge in [0.1, 0.15) is 6.04 Å². The summed E-state index contributed by atoms with van der Waals surface area (Å²) in [4.78, 5) is 42.0. The van der Waals surface area contributed by atoms with E-state index < -0.39 is 28.7 Å². The van der Waals surface area contributed by atoms with Crippen LogP contribution in [0.1, 0.15) is 44.2 Å². The number of anilines is 1. The molecular formula is C24H33N3O4S. The third-order valence-corrected chi connectivity index (χ3v) is 9.18. The van der Waals surface area contributed by atoms with Crippen LogP contribution in [0.3, 0.4) is 0 Å². The molecule has 0 aliphatic carbocycles. The number of hydrogen-bond acceptors (Lipinski definition) is 5. The van der Waals surface area contributed by atoms with Crippen LogP contribution in [0, 0.1) is 25.7 Å². The first-order chi connectivity index (χ1) is 15.2. The van der Waals surface area contributed by atoms with E-state index in [1.165, 1.54) is 0 Å². The van der Waals surface area contributed by atoms with Crippen molar-refractivity contribution in [2.45, 2.75) is 69.0 Å². The van der Waals surface area contributed by atoms with Gasteiger partial charge in [0.05, 0.1) is 29.2 Å². The Hall–Kier alpha value is -2.06. The van der Waals surface area contributed by atoms with Crippen molar-refractivity contribution in [2.75, 3.05) is 18.5 Å². The molecule has 3 fully saturated rings. The number of carbonyl (C=O) groups is 3. The quantitative estimate of drug-likeness (QED) is 0.581. The summed E-state index contributed by atoms with van der Waals surface area (Å²) >= 11 is 1.64. The number of benzene rings is 1. The van der Waals surface area contributed by atoms with Gasteiger partial charge in [-0.25, -0.2) is 0 Å². The van der Waals surface area contributed by atoms with E-state index in [1.54, 1.807) is 23.6 Å². The van der Waals surface area contributed by atoms with Crippen LogP contribution >= 0.6 is 11.8 Å². The second-order valence-corrected chi connectivity index (χ2v) is 11.0. The second-order valence-electron chi connectivity index (χ2n) is 9.43. The first-order valence-electron chi connectivity index (χ1n) is 11.5. The number of aliphatic hydroxyl groups is 1. The normalized spacial score (nSPS) is 31.5. The summed E-state index contributed by atoms with van der Waals surface area (Å²) in [5, 5.41) is 16.0. The van der Waals surface area contributed by atoms with Crippen molar-refractivity contribution in [3.05, 3.63) is 29.3 Å². The number of nitrogens with one attached hydrogen (secondary N) is 2. The van der Waals surface area contributed by atoms with Crippen molar-refractivity contribution in [1.82, 2.24) is 10.2 Å². The minimum absolute atomic E-state index is 0.0448. The third kappa shape index (κ3) is 3.52. The van der Waals surface area contributed by atoms with Crippen LogP contribution < -0.4 is 10.6 Å². The smallest absolute Gasteiger partial charge is 0.248 e. The molecule has 3 aliphatic rings. The lowest BCUT2D eigenvalue weighted by Crippen LogP contribution is -2.54.